The molecule has 0 bridgehead atoms. The Kier molecular flexibility index (Phi) is 4.73. The molecule has 3 rings (SSSR count). The van der Waals surface area contributed by atoms with Gasteiger partial charge in [-0.1, -0.05) is 29.8 Å². The number of hydrogen-bond donors (Lipinski definition) is 2. The normalized spacial score (nSPS) is 18.5. The average molecular weight is 337 g/mol. The maximum Gasteiger partial charge on any atom is 0.273 e. The molecule has 1 aromatic heterocycles. The highest BCUT2D eigenvalue weighted by molar-refractivity contribution is 7.09. The SMILES string of the molecule is NCc1nc(C(=O)N2CCNCC2c2ccccc2Cl)cs1. The summed E-state index contributed by atoms with van der Waals surface area (Å²) in [5.41, 5.74) is 7.00. The molecule has 1 fully saturated rings. The second-order valence-electron chi connectivity index (χ2n) is 5.07. The van der Waals surface area contributed by atoms with Crippen molar-refractivity contribution < 1.29 is 4.79 Å². The molecule has 0 radical (unpaired) electrons. The van der Waals surface area contributed by atoms with Crippen LogP contribution in [0.1, 0.15) is 27.1 Å². The van der Waals surface area contributed by atoms with Gasteiger partial charge in [0.1, 0.15) is 10.7 Å². The Balaban J connectivity index is 1.89. The molecule has 0 aliphatic carbocycles. The Labute approximate surface area is 138 Å². The fraction of sp³-hybridized carbons (Fsp3) is 0.333. The minimum absolute atomic E-state index is 0.0673. The Bertz CT molecular complexity index is 675. The minimum Gasteiger partial charge on any atom is -0.328 e. The molecule has 116 valence electrons. The highest BCUT2D eigenvalue weighted by atomic mass is 35.5. The van der Waals surface area contributed by atoms with Crippen molar-refractivity contribution in [3.05, 3.63) is 50.9 Å². The number of carbonyl (C=O) groups excluding carboxylic acids is 1. The Morgan fingerprint density at radius 2 is 2.32 bits per heavy atom. The van der Waals surface area contributed by atoms with Gasteiger partial charge in [-0.2, -0.15) is 0 Å². The van der Waals surface area contributed by atoms with E-state index in [0.717, 1.165) is 17.1 Å². The molecule has 1 saturated heterocycles. The van der Waals surface area contributed by atoms with Crippen molar-refractivity contribution in [3.8, 4) is 0 Å². The number of nitrogens with zero attached hydrogens (tertiary/aromatic N) is 2. The lowest BCUT2D eigenvalue weighted by atomic mass is 10.0. The van der Waals surface area contributed by atoms with Crippen molar-refractivity contribution in [2.24, 2.45) is 5.73 Å². The largest absolute Gasteiger partial charge is 0.328 e. The minimum atomic E-state index is -0.0852. The van der Waals surface area contributed by atoms with E-state index in [9.17, 15) is 4.79 Å². The summed E-state index contributed by atoms with van der Waals surface area (Å²) in [6, 6.07) is 7.56. The van der Waals surface area contributed by atoms with E-state index in [4.69, 9.17) is 17.3 Å². The van der Waals surface area contributed by atoms with Crippen LogP contribution in [0.25, 0.3) is 0 Å². The number of thiazole rings is 1. The first-order chi connectivity index (χ1) is 10.7. The van der Waals surface area contributed by atoms with Gasteiger partial charge in [-0.25, -0.2) is 4.98 Å². The van der Waals surface area contributed by atoms with Gasteiger partial charge in [0.2, 0.25) is 0 Å². The first-order valence-electron chi connectivity index (χ1n) is 7.11. The van der Waals surface area contributed by atoms with Crippen LogP contribution < -0.4 is 11.1 Å². The van der Waals surface area contributed by atoms with Crippen molar-refractivity contribution in [1.82, 2.24) is 15.2 Å². The van der Waals surface area contributed by atoms with Crippen LogP contribution in [-0.4, -0.2) is 35.4 Å². The Morgan fingerprint density at radius 1 is 1.50 bits per heavy atom. The number of aromatic nitrogens is 1. The zero-order valence-corrected chi connectivity index (χ0v) is 13.5. The predicted octanol–water partition coefficient (Wildman–Crippen LogP) is 2.04. The molecule has 1 amide bonds. The molecule has 0 saturated carbocycles. The maximum absolute atomic E-state index is 12.8. The second-order valence-corrected chi connectivity index (χ2v) is 6.42. The number of rotatable bonds is 3. The smallest absolute Gasteiger partial charge is 0.273 e. The summed E-state index contributed by atoms with van der Waals surface area (Å²) in [7, 11) is 0. The van der Waals surface area contributed by atoms with Crippen molar-refractivity contribution in [2.75, 3.05) is 19.6 Å². The van der Waals surface area contributed by atoms with Gasteiger partial charge in [-0.15, -0.1) is 11.3 Å². The Morgan fingerprint density at radius 3 is 3.05 bits per heavy atom. The molecule has 1 aromatic carbocycles. The van der Waals surface area contributed by atoms with Crippen LogP contribution in [0, 0.1) is 0 Å². The number of hydrogen-bond acceptors (Lipinski definition) is 5. The van der Waals surface area contributed by atoms with Crippen molar-refractivity contribution in [2.45, 2.75) is 12.6 Å². The summed E-state index contributed by atoms with van der Waals surface area (Å²) in [5.74, 6) is -0.0673. The standard InChI is InChI=1S/C15H17ClN4OS/c16-11-4-2-1-3-10(11)13-8-18-5-6-20(13)15(21)12-9-22-14(7-17)19-12/h1-4,9,13,18H,5-8,17H2. The van der Waals surface area contributed by atoms with Crippen LogP contribution in [-0.2, 0) is 6.54 Å². The van der Waals surface area contributed by atoms with Crippen molar-refractivity contribution >= 4 is 28.8 Å². The molecule has 1 aliphatic heterocycles. The monoisotopic (exact) mass is 336 g/mol. The predicted molar refractivity (Wildman–Crippen MR) is 88.1 cm³/mol. The van der Waals surface area contributed by atoms with E-state index in [-0.39, 0.29) is 11.9 Å². The lowest BCUT2D eigenvalue weighted by molar-refractivity contribution is 0.0629. The van der Waals surface area contributed by atoms with Crippen LogP contribution in [0.5, 0.6) is 0 Å². The molecule has 3 N–H and O–H groups in total. The summed E-state index contributed by atoms with van der Waals surface area (Å²) < 4.78 is 0. The van der Waals surface area contributed by atoms with Gasteiger partial charge in [0.05, 0.1) is 6.04 Å². The lowest BCUT2D eigenvalue weighted by Crippen LogP contribution is -2.48. The van der Waals surface area contributed by atoms with Gasteiger partial charge >= 0.3 is 0 Å². The number of nitrogens with two attached hydrogens (primary N) is 1. The van der Waals surface area contributed by atoms with E-state index in [1.165, 1.54) is 11.3 Å². The fourth-order valence-electron chi connectivity index (χ4n) is 2.62. The van der Waals surface area contributed by atoms with Gasteiger partial charge in [0, 0.05) is 36.6 Å². The number of nitrogens with one attached hydrogen (secondary N) is 1. The first-order valence-corrected chi connectivity index (χ1v) is 8.37. The van der Waals surface area contributed by atoms with E-state index < -0.39 is 0 Å². The third kappa shape index (κ3) is 3.01. The van der Waals surface area contributed by atoms with Gasteiger partial charge in [0.25, 0.3) is 5.91 Å². The van der Waals surface area contributed by atoms with Crippen LogP contribution in [0.3, 0.4) is 0 Å². The summed E-state index contributed by atoms with van der Waals surface area (Å²) in [6.45, 7) is 2.43. The topological polar surface area (TPSA) is 71.2 Å². The van der Waals surface area contributed by atoms with Gasteiger partial charge < -0.3 is 16.0 Å². The van der Waals surface area contributed by atoms with E-state index in [1.807, 2.05) is 29.2 Å². The third-order valence-electron chi connectivity index (χ3n) is 3.71. The van der Waals surface area contributed by atoms with Crippen molar-refractivity contribution in [3.63, 3.8) is 0 Å². The number of benzene rings is 1. The quantitative estimate of drug-likeness (QED) is 0.899. The van der Waals surface area contributed by atoms with Gasteiger partial charge in [-0.05, 0) is 11.6 Å². The molecule has 0 spiro atoms. The highest BCUT2D eigenvalue weighted by Gasteiger charge is 2.30. The molecule has 2 heterocycles. The van der Waals surface area contributed by atoms with E-state index in [0.29, 0.717) is 30.4 Å². The number of halogens is 1. The van der Waals surface area contributed by atoms with Gasteiger partial charge in [-0.3, -0.25) is 4.79 Å². The van der Waals surface area contributed by atoms with E-state index in [2.05, 4.69) is 10.3 Å². The molecule has 2 aromatic rings. The molecule has 1 atom stereocenters. The molecule has 1 aliphatic rings. The molecule has 22 heavy (non-hydrogen) atoms. The summed E-state index contributed by atoms with van der Waals surface area (Å²) in [6.07, 6.45) is 0. The Hall–Kier alpha value is -1.47. The average Bonchev–Trinajstić information content (AvgIpc) is 3.04. The van der Waals surface area contributed by atoms with E-state index >= 15 is 0 Å². The first kappa shape index (κ1) is 15.4. The van der Waals surface area contributed by atoms with E-state index in [1.54, 1.807) is 5.38 Å². The molecule has 1 unspecified atom stereocenters. The number of amides is 1. The fourth-order valence-corrected chi connectivity index (χ4v) is 3.53. The molecule has 7 heteroatoms. The molecular formula is C15H17ClN4OS. The van der Waals surface area contributed by atoms with Crippen LogP contribution in [0.2, 0.25) is 5.02 Å². The summed E-state index contributed by atoms with van der Waals surface area (Å²) >= 11 is 7.72. The summed E-state index contributed by atoms with van der Waals surface area (Å²) in [4.78, 5) is 18.9. The van der Waals surface area contributed by atoms with Crippen LogP contribution in [0.15, 0.2) is 29.6 Å². The highest BCUT2D eigenvalue weighted by Crippen LogP contribution is 2.29. The molecular weight excluding hydrogens is 320 g/mol. The zero-order valence-electron chi connectivity index (χ0n) is 12.0. The number of carbonyl (C=O) groups is 1. The van der Waals surface area contributed by atoms with Crippen molar-refractivity contribution in [1.29, 1.82) is 0 Å². The lowest BCUT2D eigenvalue weighted by Gasteiger charge is -2.36. The zero-order chi connectivity index (χ0) is 15.5. The summed E-state index contributed by atoms with van der Waals surface area (Å²) in [5, 5.41) is 6.54. The third-order valence-corrected chi connectivity index (χ3v) is 4.93. The van der Waals surface area contributed by atoms with Crippen LogP contribution in [0.4, 0.5) is 0 Å². The second kappa shape index (κ2) is 6.75. The number of piperazine rings is 1. The maximum atomic E-state index is 12.8. The van der Waals surface area contributed by atoms with Crippen LogP contribution >= 0.6 is 22.9 Å². The molecule has 5 nitrogen and oxygen atoms in total. The van der Waals surface area contributed by atoms with Gasteiger partial charge in [0.15, 0.2) is 0 Å².